The minimum atomic E-state index is -0.0924. The van der Waals surface area contributed by atoms with E-state index in [0.29, 0.717) is 0 Å². The second-order valence-electron chi connectivity index (χ2n) is 7.08. The topological polar surface area (TPSA) is 38.3 Å². The predicted molar refractivity (Wildman–Crippen MR) is 101 cm³/mol. The van der Waals surface area contributed by atoms with Crippen LogP contribution in [0.3, 0.4) is 0 Å². The number of nitrogens with one attached hydrogen (secondary N) is 1. The summed E-state index contributed by atoms with van der Waals surface area (Å²) in [7, 11) is 0. The van der Waals surface area contributed by atoms with Gasteiger partial charge in [0.05, 0.1) is 6.04 Å². The second kappa shape index (κ2) is 7.73. The van der Waals surface area contributed by atoms with Gasteiger partial charge in [-0.05, 0) is 74.8 Å². The van der Waals surface area contributed by atoms with Crippen LogP contribution in [0.5, 0.6) is 5.75 Å². The number of carbonyl (C=O) groups is 1. The maximum absolute atomic E-state index is 12.2. The third-order valence-corrected chi connectivity index (χ3v) is 4.94. The van der Waals surface area contributed by atoms with Crippen molar-refractivity contribution in [3.63, 3.8) is 0 Å². The molecule has 132 valence electrons. The van der Waals surface area contributed by atoms with Gasteiger partial charge in [-0.25, -0.2) is 0 Å². The molecule has 3 heteroatoms. The van der Waals surface area contributed by atoms with Gasteiger partial charge in [-0.15, -0.1) is 0 Å². The molecule has 1 aliphatic rings. The van der Waals surface area contributed by atoms with Gasteiger partial charge < -0.3 is 10.1 Å². The number of rotatable bonds is 5. The van der Waals surface area contributed by atoms with Crippen molar-refractivity contribution in [1.29, 1.82) is 0 Å². The van der Waals surface area contributed by atoms with Crippen molar-refractivity contribution in [3.8, 4) is 5.75 Å². The minimum Gasteiger partial charge on any atom is -0.484 e. The van der Waals surface area contributed by atoms with Crippen molar-refractivity contribution < 1.29 is 9.53 Å². The molecule has 0 fully saturated rings. The Morgan fingerprint density at radius 2 is 1.84 bits per heavy atom. The molecule has 3 nitrogen and oxygen atoms in total. The summed E-state index contributed by atoms with van der Waals surface area (Å²) in [5.41, 5.74) is 6.31. The van der Waals surface area contributed by atoms with Crippen LogP contribution < -0.4 is 10.1 Å². The lowest BCUT2D eigenvalue weighted by Gasteiger charge is -2.20. The first kappa shape index (κ1) is 17.5. The lowest BCUT2D eigenvalue weighted by Crippen LogP contribution is -2.31. The monoisotopic (exact) mass is 337 g/mol. The van der Waals surface area contributed by atoms with Crippen LogP contribution in [0.2, 0.25) is 0 Å². The molecule has 0 heterocycles. The Balaban J connectivity index is 1.57. The third-order valence-electron chi connectivity index (χ3n) is 4.94. The minimum absolute atomic E-state index is 0.0116. The molecule has 0 aromatic heterocycles. The highest BCUT2D eigenvalue weighted by Gasteiger charge is 2.14. The van der Waals surface area contributed by atoms with Crippen LogP contribution >= 0.6 is 0 Å². The van der Waals surface area contributed by atoms with Gasteiger partial charge in [-0.3, -0.25) is 4.79 Å². The van der Waals surface area contributed by atoms with E-state index in [1.165, 1.54) is 41.5 Å². The predicted octanol–water partition coefficient (Wildman–Crippen LogP) is 4.44. The third kappa shape index (κ3) is 4.41. The van der Waals surface area contributed by atoms with Gasteiger partial charge >= 0.3 is 0 Å². The number of aryl methyl sites for hydroxylation is 4. The van der Waals surface area contributed by atoms with Crippen LogP contribution in [0.25, 0.3) is 0 Å². The van der Waals surface area contributed by atoms with Crippen molar-refractivity contribution in [1.82, 2.24) is 5.32 Å². The van der Waals surface area contributed by atoms with E-state index in [9.17, 15) is 4.79 Å². The Kier molecular flexibility index (Phi) is 5.42. The van der Waals surface area contributed by atoms with Gasteiger partial charge in [-0.2, -0.15) is 0 Å². The normalized spacial score (nSPS) is 14.5. The summed E-state index contributed by atoms with van der Waals surface area (Å²) in [6.07, 6.45) is 4.88. The Hall–Kier alpha value is -2.29. The summed E-state index contributed by atoms with van der Waals surface area (Å²) in [5.74, 6) is 0.673. The van der Waals surface area contributed by atoms with Gasteiger partial charge in [0, 0.05) is 0 Å². The first-order valence-corrected chi connectivity index (χ1v) is 9.14. The van der Waals surface area contributed by atoms with Gasteiger partial charge in [0.25, 0.3) is 5.91 Å². The highest BCUT2D eigenvalue weighted by atomic mass is 16.5. The molecule has 0 aliphatic heterocycles. The fourth-order valence-corrected chi connectivity index (χ4v) is 3.49. The number of hydrogen-bond acceptors (Lipinski definition) is 2. The zero-order valence-corrected chi connectivity index (χ0v) is 15.4. The number of benzene rings is 2. The molecule has 1 amide bonds. The van der Waals surface area contributed by atoms with E-state index in [1.807, 2.05) is 32.9 Å². The molecule has 0 bridgehead atoms. The zero-order chi connectivity index (χ0) is 17.8. The first-order valence-electron chi connectivity index (χ1n) is 9.14. The highest BCUT2D eigenvalue weighted by molar-refractivity contribution is 5.78. The summed E-state index contributed by atoms with van der Waals surface area (Å²) in [5, 5.41) is 3.04. The van der Waals surface area contributed by atoms with E-state index in [4.69, 9.17) is 4.74 Å². The first-order chi connectivity index (χ1) is 12.0. The molecular weight excluding hydrogens is 310 g/mol. The average molecular weight is 337 g/mol. The van der Waals surface area contributed by atoms with Crippen LogP contribution in [-0.4, -0.2) is 12.5 Å². The van der Waals surface area contributed by atoms with Crippen molar-refractivity contribution in [3.05, 3.63) is 64.2 Å². The van der Waals surface area contributed by atoms with Gasteiger partial charge in [0.2, 0.25) is 0 Å². The van der Waals surface area contributed by atoms with Crippen LogP contribution in [-0.2, 0) is 17.6 Å². The van der Waals surface area contributed by atoms with Crippen LogP contribution in [0, 0.1) is 13.8 Å². The quantitative estimate of drug-likeness (QED) is 0.876. The largest absolute Gasteiger partial charge is 0.484 e. The maximum atomic E-state index is 12.2. The number of fused-ring (bicyclic) bond motifs is 1. The summed E-state index contributed by atoms with van der Waals surface area (Å²) in [6.45, 7) is 6.11. The summed E-state index contributed by atoms with van der Waals surface area (Å²) >= 11 is 0. The van der Waals surface area contributed by atoms with E-state index in [1.54, 1.807) is 0 Å². The lowest BCUT2D eigenvalue weighted by atomic mass is 9.89. The molecule has 1 atom stereocenters. The second-order valence-corrected chi connectivity index (χ2v) is 7.08. The summed E-state index contributed by atoms with van der Waals surface area (Å²) in [6, 6.07) is 12.6. The van der Waals surface area contributed by atoms with Gasteiger partial charge in [0.1, 0.15) is 5.75 Å². The fourth-order valence-electron chi connectivity index (χ4n) is 3.49. The molecule has 0 spiro atoms. The molecule has 0 saturated heterocycles. The molecule has 25 heavy (non-hydrogen) atoms. The molecule has 0 radical (unpaired) electrons. The number of ether oxygens (including phenoxy) is 1. The molecular formula is C22H27NO2. The Bertz CT molecular complexity index is 767. The molecule has 2 aromatic carbocycles. The Morgan fingerprint density at radius 1 is 1.08 bits per heavy atom. The molecule has 0 saturated carbocycles. The average Bonchev–Trinajstić information content (AvgIpc) is 2.60. The van der Waals surface area contributed by atoms with Crippen LogP contribution in [0.15, 0.2) is 36.4 Å². The van der Waals surface area contributed by atoms with E-state index in [-0.39, 0.29) is 18.6 Å². The smallest absolute Gasteiger partial charge is 0.258 e. The Labute approximate surface area is 150 Å². The molecule has 2 aromatic rings. The molecule has 1 N–H and O–H groups in total. The highest BCUT2D eigenvalue weighted by Crippen LogP contribution is 2.25. The number of carbonyl (C=O) groups excluding carboxylic acids is 1. The van der Waals surface area contributed by atoms with Crippen molar-refractivity contribution in [2.45, 2.75) is 52.5 Å². The maximum Gasteiger partial charge on any atom is 0.258 e. The van der Waals surface area contributed by atoms with E-state index >= 15 is 0 Å². The van der Waals surface area contributed by atoms with Crippen LogP contribution in [0.1, 0.15) is 53.6 Å². The Morgan fingerprint density at radius 3 is 2.60 bits per heavy atom. The van der Waals surface area contributed by atoms with E-state index in [0.717, 1.165) is 17.7 Å². The van der Waals surface area contributed by atoms with E-state index < -0.39 is 0 Å². The molecule has 3 rings (SSSR count). The standard InChI is InChI=1S/C22H27NO2/c1-15-8-11-21(16(2)12-15)25-14-22(24)23-17(3)19-10-9-18-6-4-5-7-20(18)13-19/h8-13,17H,4-7,14H2,1-3H3,(H,23,24)/t17-/m0/s1. The van der Waals surface area contributed by atoms with Gasteiger partial charge in [0.15, 0.2) is 6.61 Å². The molecule has 1 aliphatic carbocycles. The van der Waals surface area contributed by atoms with Crippen molar-refractivity contribution in [2.75, 3.05) is 6.61 Å². The summed E-state index contributed by atoms with van der Waals surface area (Å²) < 4.78 is 5.67. The number of hydrogen-bond donors (Lipinski definition) is 1. The SMILES string of the molecule is Cc1ccc(OCC(=O)N[C@@H](C)c2ccc3c(c2)CCCC3)c(C)c1. The summed E-state index contributed by atoms with van der Waals surface area (Å²) in [4.78, 5) is 12.2. The van der Waals surface area contributed by atoms with Crippen LogP contribution in [0.4, 0.5) is 0 Å². The lowest BCUT2D eigenvalue weighted by molar-refractivity contribution is -0.123. The number of amides is 1. The zero-order valence-electron chi connectivity index (χ0n) is 15.4. The molecule has 0 unspecified atom stereocenters. The van der Waals surface area contributed by atoms with Crippen molar-refractivity contribution in [2.24, 2.45) is 0 Å². The van der Waals surface area contributed by atoms with Gasteiger partial charge in [-0.1, -0.05) is 35.9 Å². The van der Waals surface area contributed by atoms with Crippen molar-refractivity contribution >= 4 is 5.91 Å². The fraction of sp³-hybridized carbons (Fsp3) is 0.409. The van der Waals surface area contributed by atoms with E-state index in [2.05, 4.69) is 29.6 Å².